The molecule has 0 spiro atoms. The normalized spacial score (nSPS) is 26.5. The van der Waals surface area contributed by atoms with Gasteiger partial charge in [-0.3, -0.25) is 0 Å². The van der Waals surface area contributed by atoms with Crippen molar-refractivity contribution >= 4 is 0 Å². The Labute approximate surface area is 186 Å². The molecule has 1 aromatic carbocycles. The molecule has 0 radical (unpaired) electrons. The standard InChI is InChI=1S/C26H38F2O3/c1-3-5-7-19-8-11-22(30-17-19)18-31-21-12-9-20(10-13-21)23-14-15-24(26(28)25(23)27)29-16-6-4-2/h3,14-15,19-22H,1,4-13,16-18H2,2H3. The number of hydrogen-bond acceptors (Lipinski definition) is 3. The zero-order valence-corrected chi connectivity index (χ0v) is 18.9. The Kier molecular flexibility index (Phi) is 9.79. The van der Waals surface area contributed by atoms with Crippen LogP contribution < -0.4 is 4.74 Å². The van der Waals surface area contributed by atoms with Crippen molar-refractivity contribution in [3.05, 3.63) is 42.0 Å². The number of rotatable bonds is 11. The zero-order chi connectivity index (χ0) is 22.1. The van der Waals surface area contributed by atoms with Gasteiger partial charge in [-0.1, -0.05) is 25.5 Å². The molecule has 1 saturated carbocycles. The van der Waals surface area contributed by atoms with Gasteiger partial charge in [0.05, 0.1) is 25.4 Å². The first-order valence-electron chi connectivity index (χ1n) is 12.1. The number of benzene rings is 1. The van der Waals surface area contributed by atoms with E-state index in [1.165, 1.54) is 6.42 Å². The van der Waals surface area contributed by atoms with Crippen molar-refractivity contribution in [1.29, 1.82) is 0 Å². The van der Waals surface area contributed by atoms with E-state index in [0.29, 0.717) is 24.7 Å². The highest BCUT2D eigenvalue weighted by atomic mass is 19.2. The maximum atomic E-state index is 14.6. The molecule has 2 atom stereocenters. The van der Waals surface area contributed by atoms with E-state index in [-0.39, 0.29) is 23.9 Å². The predicted octanol–water partition coefficient (Wildman–Crippen LogP) is 6.95. The summed E-state index contributed by atoms with van der Waals surface area (Å²) in [6.07, 6.45) is 11.9. The van der Waals surface area contributed by atoms with Gasteiger partial charge in [0.25, 0.3) is 0 Å². The Balaban J connectivity index is 1.41. The summed E-state index contributed by atoms with van der Waals surface area (Å²) in [7, 11) is 0. The quantitative estimate of drug-likeness (QED) is 0.277. The van der Waals surface area contributed by atoms with Crippen LogP contribution in [0, 0.1) is 17.6 Å². The fourth-order valence-corrected chi connectivity index (χ4v) is 4.66. The highest BCUT2D eigenvalue weighted by Gasteiger charge is 2.28. The van der Waals surface area contributed by atoms with Gasteiger partial charge in [-0.05, 0) is 81.3 Å². The molecule has 5 heteroatoms. The van der Waals surface area contributed by atoms with Crippen LogP contribution >= 0.6 is 0 Å². The fourth-order valence-electron chi connectivity index (χ4n) is 4.66. The molecule has 174 valence electrons. The summed E-state index contributed by atoms with van der Waals surface area (Å²) in [6.45, 7) is 7.68. The van der Waals surface area contributed by atoms with Gasteiger partial charge in [-0.2, -0.15) is 4.39 Å². The summed E-state index contributed by atoms with van der Waals surface area (Å²) >= 11 is 0. The van der Waals surface area contributed by atoms with Gasteiger partial charge in [0, 0.05) is 6.61 Å². The minimum atomic E-state index is -0.854. The van der Waals surface area contributed by atoms with E-state index in [2.05, 4.69) is 6.58 Å². The van der Waals surface area contributed by atoms with Crippen molar-refractivity contribution in [3.63, 3.8) is 0 Å². The lowest BCUT2D eigenvalue weighted by molar-refractivity contribution is -0.0855. The van der Waals surface area contributed by atoms with Gasteiger partial charge in [0.2, 0.25) is 5.82 Å². The SMILES string of the molecule is C=CCCC1CCC(COC2CCC(c3ccc(OCCCC)c(F)c3F)CC2)OC1. The van der Waals surface area contributed by atoms with Crippen molar-refractivity contribution in [3.8, 4) is 5.75 Å². The molecule has 0 N–H and O–H groups in total. The molecule has 1 heterocycles. The first-order valence-corrected chi connectivity index (χ1v) is 12.1. The van der Waals surface area contributed by atoms with Crippen LogP contribution in [0.5, 0.6) is 5.75 Å². The van der Waals surface area contributed by atoms with Crippen LogP contribution in [0.1, 0.15) is 82.6 Å². The van der Waals surface area contributed by atoms with Gasteiger partial charge >= 0.3 is 0 Å². The minimum absolute atomic E-state index is 0.0194. The number of unbranched alkanes of at least 4 members (excludes halogenated alkanes) is 1. The Morgan fingerprint density at radius 2 is 1.90 bits per heavy atom. The fraction of sp³-hybridized carbons (Fsp3) is 0.692. The summed E-state index contributed by atoms with van der Waals surface area (Å²) in [5.41, 5.74) is 0.472. The molecule has 2 unspecified atom stereocenters. The van der Waals surface area contributed by atoms with Gasteiger partial charge in [0.1, 0.15) is 0 Å². The van der Waals surface area contributed by atoms with Crippen LogP contribution in [0.4, 0.5) is 8.78 Å². The molecule has 31 heavy (non-hydrogen) atoms. The molecule has 2 fully saturated rings. The van der Waals surface area contributed by atoms with Crippen molar-refractivity contribution in [2.45, 2.75) is 89.3 Å². The number of ether oxygens (including phenoxy) is 3. The predicted molar refractivity (Wildman–Crippen MR) is 120 cm³/mol. The van der Waals surface area contributed by atoms with Crippen LogP contribution in [0.3, 0.4) is 0 Å². The summed E-state index contributed by atoms with van der Waals surface area (Å²) in [4.78, 5) is 0. The van der Waals surface area contributed by atoms with E-state index in [1.807, 2.05) is 13.0 Å². The third kappa shape index (κ3) is 7.01. The van der Waals surface area contributed by atoms with E-state index in [0.717, 1.165) is 64.4 Å². The van der Waals surface area contributed by atoms with Crippen molar-refractivity contribution in [2.24, 2.45) is 5.92 Å². The summed E-state index contributed by atoms with van der Waals surface area (Å²) in [5.74, 6) is -0.905. The van der Waals surface area contributed by atoms with Crippen LogP contribution in [0.2, 0.25) is 0 Å². The van der Waals surface area contributed by atoms with E-state index >= 15 is 0 Å². The van der Waals surface area contributed by atoms with Crippen molar-refractivity contribution in [1.82, 2.24) is 0 Å². The third-order valence-corrected chi connectivity index (χ3v) is 6.71. The van der Waals surface area contributed by atoms with Gasteiger partial charge in [-0.25, -0.2) is 4.39 Å². The highest BCUT2D eigenvalue weighted by Crippen LogP contribution is 2.37. The molecular weight excluding hydrogens is 398 g/mol. The Bertz CT molecular complexity index is 677. The van der Waals surface area contributed by atoms with Crippen LogP contribution in [0.15, 0.2) is 24.8 Å². The van der Waals surface area contributed by atoms with Gasteiger partial charge in [0.15, 0.2) is 11.6 Å². The van der Waals surface area contributed by atoms with E-state index < -0.39 is 11.6 Å². The van der Waals surface area contributed by atoms with Crippen LogP contribution in [-0.2, 0) is 9.47 Å². The van der Waals surface area contributed by atoms with E-state index in [1.54, 1.807) is 12.1 Å². The smallest absolute Gasteiger partial charge is 0.200 e. The minimum Gasteiger partial charge on any atom is -0.490 e. The second kappa shape index (κ2) is 12.5. The number of allylic oxidation sites excluding steroid dienone is 1. The van der Waals surface area contributed by atoms with E-state index in [4.69, 9.17) is 14.2 Å². The Hall–Kier alpha value is -1.46. The molecule has 2 aliphatic rings. The second-order valence-electron chi connectivity index (χ2n) is 9.05. The largest absolute Gasteiger partial charge is 0.490 e. The van der Waals surface area contributed by atoms with Crippen LogP contribution in [-0.4, -0.2) is 32.0 Å². The van der Waals surface area contributed by atoms with Gasteiger partial charge in [-0.15, -0.1) is 6.58 Å². The van der Waals surface area contributed by atoms with Crippen molar-refractivity contribution in [2.75, 3.05) is 19.8 Å². The Morgan fingerprint density at radius 3 is 2.58 bits per heavy atom. The maximum Gasteiger partial charge on any atom is 0.200 e. The lowest BCUT2D eigenvalue weighted by Crippen LogP contribution is -2.32. The average molecular weight is 437 g/mol. The molecular formula is C26H38F2O3. The highest BCUT2D eigenvalue weighted by molar-refractivity contribution is 5.33. The Morgan fingerprint density at radius 1 is 1.10 bits per heavy atom. The van der Waals surface area contributed by atoms with E-state index in [9.17, 15) is 8.78 Å². The molecule has 1 aromatic rings. The molecule has 0 aromatic heterocycles. The lowest BCUT2D eigenvalue weighted by atomic mass is 9.82. The first kappa shape index (κ1) is 24.2. The maximum absolute atomic E-state index is 14.6. The summed E-state index contributed by atoms with van der Waals surface area (Å²) < 4.78 is 46.5. The second-order valence-corrected chi connectivity index (χ2v) is 9.05. The summed E-state index contributed by atoms with van der Waals surface area (Å²) in [6, 6.07) is 3.28. The number of halogens is 2. The summed E-state index contributed by atoms with van der Waals surface area (Å²) in [5, 5.41) is 0. The average Bonchev–Trinajstić information content (AvgIpc) is 2.80. The topological polar surface area (TPSA) is 27.7 Å². The molecule has 3 rings (SSSR count). The lowest BCUT2D eigenvalue weighted by Gasteiger charge is -2.32. The van der Waals surface area contributed by atoms with Gasteiger partial charge < -0.3 is 14.2 Å². The number of hydrogen-bond donors (Lipinski definition) is 0. The molecule has 1 aliphatic carbocycles. The zero-order valence-electron chi connectivity index (χ0n) is 18.9. The first-order chi connectivity index (χ1) is 15.1. The molecule has 1 saturated heterocycles. The molecule has 1 aliphatic heterocycles. The molecule has 0 bridgehead atoms. The monoisotopic (exact) mass is 436 g/mol. The molecule has 3 nitrogen and oxygen atoms in total. The van der Waals surface area contributed by atoms with Crippen LogP contribution in [0.25, 0.3) is 0 Å². The third-order valence-electron chi connectivity index (χ3n) is 6.71. The van der Waals surface area contributed by atoms with Crippen molar-refractivity contribution < 1.29 is 23.0 Å². The molecule has 0 amide bonds.